The lowest BCUT2D eigenvalue weighted by Gasteiger charge is -2.10. The maximum atomic E-state index is 2.31. The van der Waals surface area contributed by atoms with Crippen molar-refractivity contribution in [2.24, 2.45) is 5.92 Å². The van der Waals surface area contributed by atoms with Crippen LogP contribution in [-0.2, 0) is 0 Å². The fourth-order valence-corrected chi connectivity index (χ4v) is 1.18. The van der Waals surface area contributed by atoms with Gasteiger partial charge in [-0.25, -0.2) is 0 Å². The first-order valence-electron chi connectivity index (χ1n) is 3.98. The SMILES string of the molecule is CC(C)CC1=CC=CC[CH]1. The largest absolute Gasteiger partial charge is 0.0839 e. The van der Waals surface area contributed by atoms with Gasteiger partial charge in [0.05, 0.1) is 0 Å². The van der Waals surface area contributed by atoms with Gasteiger partial charge < -0.3 is 0 Å². The summed E-state index contributed by atoms with van der Waals surface area (Å²) in [6, 6.07) is 0. The fourth-order valence-electron chi connectivity index (χ4n) is 1.18. The Morgan fingerprint density at radius 1 is 1.50 bits per heavy atom. The second-order valence-corrected chi connectivity index (χ2v) is 3.21. The second-order valence-electron chi connectivity index (χ2n) is 3.21. The highest BCUT2D eigenvalue weighted by Gasteiger charge is 2.01. The quantitative estimate of drug-likeness (QED) is 0.545. The summed E-state index contributed by atoms with van der Waals surface area (Å²) in [6.45, 7) is 4.51. The van der Waals surface area contributed by atoms with Crippen LogP contribution in [0.15, 0.2) is 23.8 Å². The van der Waals surface area contributed by atoms with E-state index < -0.39 is 0 Å². The molecule has 10 heavy (non-hydrogen) atoms. The first-order chi connectivity index (χ1) is 4.79. The molecule has 0 saturated heterocycles. The Hall–Kier alpha value is -0.520. The minimum atomic E-state index is 0.786. The third-order valence-electron chi connectivity index (χ3n) is 1.61. The molecule has 0 heteroatoms. The minimum absolute atomic E-state index is 0.786. The van der Waals surface area contributed by atoms with E-state index in [2.05, 4.69) is 38.5 Å². The zero-order chi connectivity index (χ0) is 7.40. The van der Waals surface area contributed by atoms with E-state index in [9.17, 15) is 0 Å². The second kappa shape index (κ2) is 3.60. The summed E-state index contributed by atoms with van der Waals surface area (Å²) < 4.78 is 0. The highest BCUT2D eigenvalue weighted by atomic mass is 14.1. The van der Waals surface area contributed by atoms with Crippen LogP contribution in [0, 0.1) is 12.3 Å². The summed E-state index contributed by atoms with van der Waals surface area (Å²) in [7, 11) is 0. The van der Waals surface area contributed by atoms with Gasteiger partial charge in [0.2, 0.25) is 0 Å². The lowest BCUT2D eigenvalue weighted by molar-refractivity contribution is 0.642. The number of allylic oxidation sites excluding steroid dienone is 4. The Morgan fingerprint density at radius 2 is 2.30 bits per heavy atom. The van der Waals surface area contributed by atoms with Gasteiger partial charge in [-0.1, -0.05) is 37.6 Å². The van der Waals surface area contributed by atoms with Crippen LogP contribution in [0.4, 0.5) is 0 Å². The van der Waals surface area contributed by atoms with Crippen molar-refractivity contribution in [1.82, 2.24) is 0 Å². The Labute approximate surface area is 63.6 Å². The van der Waals surface area contributed by atoms with Crippen LogP contribution in [0.3, 0.4) is 0 Å². The molecule has 55 valence electrons. The molecule has 1 radical (unpaired) electrons. The molecule has 0 nitrogen and oxygen atoms in total. The standard InChI is InChI=1S/C10H15/c1-9(2)8-10-6-4-3-5-7-10/h3-4,6-7,9H,5,8H2,1-2H3. The average molecular weight is 135 g/mol. The maximum Gasteiger partial charge on any atom is -0.00966 e. The Bertz CT molecular complexity index is 149. The summed E-state index contributed by atoms with van der Waals surface area (Å²) in [5.74, 6) is 0.786. The van der Waals surface area contributed by atoms with E-state index in [0.717, 1.165) is 12.3 Å². The molecule has 0 amide bonds. The molecule has 0 fully saturated rings. The third-order valence-corrected chi connectivity index (χ3v) is 1.61. The molecular formula is C10H15. The van der Waals surface area contributed by atoms with Gasteiger partial charge >= 0.3 is 0 Å². The summed E-state index contributed by atoms with van der Waals surface area (Å²) in [5.41, 5.74) is 1.50. The monoisotopic (exact) mass is 135 g/mol. The van der Waals surface area contributed by atoms with Crippen LogP contribution in [0.5, 0.6) is 0 Å². The van der Waals surface area contributed by atoms with Crippen molar-refractivity contribution in [3.05, 3.63) is 30.2 Å². The first-order valence-corrected chi connectivity index (χ1v) is 3.98. The van der Waals surface area contributed by atoms with Gasteiger partial charge in [-0.05, 0) is 25.2 Å². The smallest absolute Gasteiger partial charge is 0.00966 e. The molecule has 0 bridgehead atoms. The lowest BCUT2D eigenvalue weighted by Crippen LogP contribution is -1.94. The van der Waals surface area contributed by atoms with Crippen LogP contribution in [0.2, 0.25) is 0 Å². The molecule has 0 spiro atoms. The summed E-state index contributed by atoms with van der Waals surface area (Å²) in [4.78, 5) is 0. The molecule has 0 saturated carbocycles. The van der Waals surface area contributed by atoms with E-state index in [1.165, 1.54) is 12.0 Å². The van der Waals surface area contributed by atoms with Crippen LogP contribution in [0.25, 0.3) is 0 Å². The highest BCUT2D eigenvalue weighted by Crippen LogP contribution is 2.18. The van der Waals surface area contributed by atoms with Crippen molar-refractivity contribution >= 4 is 0 Å². The Kier molecular flexibility index (Phi) is 2.73. The van der Waals surface area contributed by atoms with Crippen molar-refractivity contribution in [2.45, 2.75) is 26.7 Å². The number of hydrogen-bond donors (Lipinski definition) is 0. The molecule has 1 rings (SSSR count). The zero-order valence-corrected chi connectivity index (χ0v) is 6.80. The van der Waals surface area contributed by atoms with Gasteiger partial charge in [-0.2, -0.15) is 0 Å². The minimum Gasteiger partial charge on any atom is -0.0839 e. The van der Waals surface area contributed by atoms with Gasteiger partial charge in [-0.15, -0.1) is 0 Å². The van der Waals surface area contributed by atoms with Crippen molar-refractivity contribution < 1.29 is 0 Å². The van der Waals surface area contributed by atoms with Crippen LogP contribution < -0.4 is 0 Å². The van der Waals surface area contributed by atoms with Crippen molar-refractivity contribution in [3.63, 3.8) is 0 Å². The lowest BCUT2D eigenvalue weighted by atomic mass is 9.96. The molecule has 1 aliphatic carbocycles. The summed E-state index contributed by atoms with van der Waals surface area (Å²) >= 11 is 0. The summed E-state index contributed by atoms with van der Waals surface area (Å²) in [6.07, 6.45) is 11.2. The normalized spacial score (nSPS) is 17.7. The van der Waals surface area contributed by atoms with Gasteiger partial charge in [0.1, 0.15) is 0 Å². The van der Waals surface area contributed by atoms with Crippen LogP contribution in [-0.4, -0.2) is 0 Å². The van der Waals surface area contributed by atoms with Crippen LogP contribution in [0.1, 0.15) is 26.7 Å². The zero-order valence-electron chi connectivity index (χ0n) is 6.80. The van der Waals surface area contributed by atoms with E-state index >= 15 is 0 Å². The third kappa shape index (κ3) is 2.38. The van der Waals surface area contributed by atoms with Gasteiger partial charge in [-0.3, -0.25) is 0 Å². The molecular weight excluding hydrogens is 120 g/mol. The predicted molar refractivity (Wildman–Crippen MR) is 45.6 cm³/mol. The Morgan fingerprint density at radius 3 is 2.80 bits per heavy atom. The molecule has 0 heterocycles. The topological polar surface area (TPSA) is 0 Å². The van der Waals surface area contributed by atoms with Gasteiger partial charge in [0, 0.05) is 0 Å². The molecule has 0 aromatic heterocycles. The molecule has 1 aliphatic rings. The number of rotatable bonds is 2. The van der Waals surface area contributed by atoms with Crippen molar-refractivity contribution in [1.29, 1.82) is 0 Å². The van der Waals surface area contributed by atoms with Gasteiger partial charge in [0.15, 0.2) is 0 Å². The van der Waals surface area contributed by atoms with Crippen molar-refractivity contribution in [2.75, 3.05) is 0 Å². The first kappa shape index (κ1) is 7.59. The summed E-state index contributed by atoms with van der Waals surface area (Å²) in [5, 5.41) is 0. The molecule has 0 unspecified atom stereocenters. The van der Waals surface area contributed by atoms with E-state index in [0.29, 0.717) is 0 Å². The maximum absolute atomic E-state index is 2.31. The van der Waals surface area contributed by atoms with E-state index in [-0.39, 0.29) is 0 Å². The molecule has 0 atom stereocenters. The predicted octanol–water partition coefficient (Wildman–Crippen LogP) is 3.12. The van der Waals surface area contributed by atoms with E-state index in [1.807, 2.05) is 0 Å². The average Bonchev–Trinajstić information content (AvgIpc) is 1.88. The number of hydrogen-bond acceptors (Lipinski definition) is 0. The van der Waals surface area contributed by atoms with Crippen molar-refractivity contribution in [3.8, 4) is 0 Å². The molecule has 0 aromatic rings. The van der Waals surface area contributed by atoms with Gasteiger partial charge in [0.25, 0.3) is 0 Å². The fraction of sp³-hybridized carbons (Fsp3) is 0.500. The molecule has 0 aromatic carbocycles. The van der Waals surface area contributed by atoms with E-state index in [4.69, 9.17) is 0 Å². The molecule has 0 N–H and O–H groups in total. The van der Waals surface area contributed by atoms with E-state index in [1.54, 1.807) is 0 Å². The highest BCUT2D eigenvalue weighted by molar-refractivity contribution is 5.25. The Balaban J connectivity index is 2.39. The molecule has 0 aliphatic heterocycles. The van der Waals surface area contributed by atoms with Crippen LogP contribution >= 0.6 is 0 Å².